The molecule has 0 fully saturated rings. The number of halogens is 2. The number of alkyl halides is 2. The number of aliphatic carboxylic acids is 1. The number of carboxylic acid groups (broad SMARTS) is 1. The SMILES string of the molecule is CCC(COC)(NC(=O)C(CC(F)F)NC(=O)OCC1c2ccccc2-c2ccccc21)C(=O)O. The largest absolute Gasteiger partial charge is 0.479 e. The highest BCUT2D eigenvalue weighted by atomic mass is 19.3. The quantitative estimate of drug-likeness (QED) is 0.444. The Morgan fingerprint density at radius 2 is 1.63 bits per heavy atom. The van der Waals surface area contributed by atoms with Gasteiger partial charge < -0.3 is 25.2 Å². The number of ether oxygens (including phenoxy) is 2. The van der Waals surface area contributed by atoms with E-state index in [2.05, 4.69) is 10.6 Å². The summed E-state index contributed by atoms with van der Waals surface area (Å²) in [5.74, 6) is -2.70. The predicted molar refractivity (Wildman–Crippen MR) is 123 cm³/mol. The number of carboxylic acids is 1. The smallest absolute Gasteiger partial charge is 0.407 e. The Kier molecular flexibility index (Phi) is 8.39. The zero-order valence-electron chi connectivity index (χ0n) is 19.4. The van der Waals surface area contributed by atoms with Gasteiger partial charge in [0.05, 0.1) is 6.61 Å². The molecule has 0 radical (unpaired) electrons. The maximum absolute atomic E-state index is 13.2. The fourth-order valence-corrected chi connectivity index (χ4v) is 4.25. The van der Waals surface area contributed by atoms with Gasteiger partial charge in [0, 0.05) is 19.4 Å². The molecule has 0 aromatic heterocycles. The highest BCUT2D eigenvalue weighted by Crippen LogP contribution is 2.44. The number of carbonyl (C=O) groups is 3. The third-order valence-electron chi connectivity index (χ3n) is 6.13. The molecule has 2 atom stereocenters. The van der Waals surface area contributed by atoms with Crippen LogP contribution < -0.4 is 10.6 Å². The van der Waals surface area contributed by atoms with Gasteiger partial charge in [0.25, 0.3) is 0 Å². The summed E-state index contributed by atoms with van der Waals surface area (Å²) < 4.78 is 36.6. The van der Waals surface area contributed by atoms with Crippen LogP contribution in [-0.2, 0) is 19.1 Å². The molecule has 3 N–H and O–H groups in total. The van der Waals surface area contributed by atoms with Crippen molar-refractivity contribution < 1.29 is 37.7 Å². The number of amides is 2. The minimum atomic E-state index is -2.93. The second-order valence-electron chi connectivity index (χ2n) is 8.31. The molecular formula is C25H28F2N2O6. The summed E-state index contributed by atoms with van der Waals surface area (Å²) >= 11 is 0. The average Bonchev–Trinajstić information content (AvgIpc) is 3.15. The van der Waals surface area contributed by atoms with E-state index < -0.39 is 42.4 Å². The van der Waals surface area contributed by atoms with Gasteiger partial charge in [-0.15, -0.1) is 0 Å². The molecular weight excluding hydrogens is 462 g/mol. The van der Waals surface area contributed by atoms with Crippen molar-refractivity contribution in [3.8, 4) is 11.1 Å². The molecule has 1 aliphatic carbocycles. The van der Waals surface area contributed by atoms with Gasteiger partial charge >= 0.3 is 12.1 Å². The first-order chi connectivity index (χ1) is 16.7. The van der Waals surface area contributed by atoms with Crippen molar-refractivity contribution in [2.45, 2.75) is 43.7 Å². The van der Waals surface area contributed by atoms with Crippen molar-refractivity contribution in [1.29, 1.82) is 0 Å². The third kappa shape index (κ3) is 5.76. The van der Waals surface area contributed by atoms with E-state index in [1.807, 2.05) is 48.5 Å². The number of hydrogen-bond acceptors (Lipinski definition) is 5. The lowest BCUT2D eigenvalue weighted by Gasteiger charge is -2.30. The first-order valence-electron chi connectivity index (χ1n) is 11.2. The Labute approximate surface area is 201 Å². The van der Waals surface area contributed by atoms with Crippen molar-refractivity contribution in [3.63, 3.8) is 0 Å². The molecule has 2 amide bonds. The van der Waals surface area contributed by atoms with Crippen molar-refractivity contribution in [2.24, 2.45) is 0 Å². The molecule has 3 rings (SSSR count). The van der Waals surface area contributed by atoms with E-state index in [-0.39, 0.29) is 25.6 Å². The lowest BCUT2D eigenvalue weighted by molar-refractivity contribution is -0.151. The van der Waals surface area contributed by atoms with E-state index in [1.165, 1.54) is 14.0 Å². The predicted octanol–water partition coefficient (Wildman–Crippen LogP) is 3.54. The molecule has 0 saturated heterocycles. The molecule has 2 unspecified atom stereocenters. The molecule has 10 heteroatoms. The van der Waals surface area contributed by atoms with Gasteiger partial charge in [-0.3, -0.25) is 4.79 Å². The van der Waals surface area contributed by atoms with Gasteiger partial charge in [0.15, 0.2) is 5.54 Å². The lowest BCUT2D eigenvalue weighted by Crippen LogP contribution is -2.61. The molecule has 8 nitrogen and oxygen atoms in total. The van der Waals surface area contributed by atoms with Crippen LogP contribution in [0.1, 0.15) is 36.8 Å². The number of nitrogens with one attached hydrogen (secondary N) is 2. The molecule has 0 bridgehead atoms. The third-order valence-corrected chi connectivity index (χ3v) is 6.13. The highest BCUT2D eigenvalue weighted by molar-refractivity contribution is 5.91. The Hall–Kier alpha value is -3.53. The van der Waals surface area contributed by atoms with E-state index in [1.54, 1.807) is 0 Å². The van der Waals surface area contributed by atoms with Crippen molar-refractivity contribution in [3.05, 3.63) is 59.7 Å². The van der Waals surface area contributed by atoms with Crippen LogP contribution in [0.25, 0.3) is 11.1 Å². The average molecular weight is 491 g/mol. The van der Waals surface area contributed by atoms with E-state index in [0.717, 1.165) is 22.3 Å². The summed E-state index contributed by atoms with van der Waals surface area (Å²) in [5, 5.41) is 14.0. The number of hydrogen-bond donors (Lipinski definition) is 3. The van der Waals surface area contributed by atoms with Crippen molar-refractivity contribution in [1.82, 2.24) is 10.6 Å². The number of benzene rings is 2. The molecule has 0 spiro atoms. The van der Waals surface area contributed by atoms with Crippen LogP contribution >= 0.6 is 0 Å². The Balaban J connectivity index is 1.70. The summed E-state index contributed by atoms with van der Waals surface area (Å²) in [4.78, 5) is 37.0. The van der Waals surface area contributed by atoms with E-state index in [0.29, 0.717) is 0 Å². The maximum atomic E-state index is 13.2. The molecule has 0 heterocycles. The molecule has 35 heavy (non-hydrogen) atoms. The Bertz CT molecular complexity index is 1030. The molecule has 2 aromatic rings. The van der Waals surface area contributed by atoms with Gasteiger partial charge in [-0.2, -0.15) is 0 Å². The summed E-state index contributed by atoms with van der Waals surface area (Å²) in [6.45, 7) is 1.06. The Morgan fingerprint density at radius 3 is 2.11 bits per heavy atom. The van der Waals surface area contributed by atoms with Crippen LogP contribution in [0.4, 0.5) is 13.6 Å². The topological polar surface area (TPSA) is 114 Å². The second kappa shape index (κ2) is 11.3. The van der Waals surface area contributed by atoms with Gasteiger partial charge in [-0.25, -0.2) is 18.4 Å². The summed E-state index contributed by atoms with van der Waals surface area (Å²) in [6.07, 6.45) is -5.06. The summed E-state index contributed by atoms with van der Waals surface area (Å²) in [5.41, 5.74) is 2.16. The van der Waals surface area contributed by atoms with Crippen LogP contribution in [-0.4, -0.2) is 61.4 Å². The van der Waals surface area contributed by atoms with Crippen LogP contribution in [0.2, 0.25) is 0 Å². The standard InChI is InChI=1S/C25H28F2N2O6/c1-3-25(14-34-2,23(31)32)29-22(30)20(12-21(26)27)28-24(33)35-13-19-17-10-6-4-8-15(17)16-9-5-7-11-18(16)19/h4-11,19-21H,3,12-14H2,1-2H3,(H,28,33)(H,29,30)(H,31,32). The number of fused-ring (bicyclic) bond motifs is 3. The Morgan fingerprint density at radius 1 is 1.06 bits per heavy atom. The minimum Gasteiger partial charge on any atom is -0.479 e. The first kappa shape index (κ1) is 26.1. The fourth-order valence-electron chi connectivity index (χ4n) is 4.25. The van der Waals surface area contributed by atoms with Crippen LogP contribution in [0, 0.1) is 0 Å². The zero-order chi connectivity index (χ0) is 25.6. The van der Waals surface area contributed by atoms with Crippen LogP contribution in [0.15, 0.2) is 48.5 Å². The molecule has 2 aromatic carbocycles. The normalized spacial score (nSPS) is 15.0. The van der Waals surface area contributed by atoms with Crippen LogP contribution in [0.5, 0.6) is 0 Å². The molecule has 1 aliphatic rings. The van der Waals surface area contributed by atoms with E-state index in [9.17, 15) is 28.3 Å². The zero-order valence-corrected chi connectivity index (χ0v) is 19.4. The molecule has 188 valence electrons. The van der Waals surface area contributed by atoms with Gasteiger partial charge in [0.1, 0.15) is 12.6 Å². The minimum absolute atomic E-state index is 0.0613. The lowest BCUT2D eigenvalue weighted by atomic mass is 9.96. The monoisotopic (exact) mass is 490 g/mol. The summed E-state index contributed by atoms with van der Waals surface area (Å²) in [7, 11) is 1.26. The van der Waals surface area contributed by atoms with E-state index >= 15 is 0 Å². The van der Waals surface area contributed by atoms with E-state index in [4.69, 9.17) is 9.47 Å². The highest BCUT2D eigenvalue weighted by Gasteiger charge is 2.41. The van der Waals surface area contributed by atoms with Crippen molar-refractivity contribution >= 4 is 18.0 Å². The number of alkyl carbamates (subject to hydrolysis) is 1. The number of methoxy groups -OCH3 is 1. The number of rotatable bonds is 11. The van der Waals surface area contributed by atoms with Crippen LogP contribution in [0.3, 0.4) is 0 Å². The van der Waals surface area contributed by atoms with Gasteiger partial charge in [0.2, 0.25) is 12.3 Å². The van der Waals surface area contributed by atoms with Gasteiger partial charge in [-0.1, -0.05) is 55.5 Å². The maximum Gasteiger partial charge on any atom is 0.407 e. The molecule has 0 aliphatic heterocycles. The molecule has 0 saturated carbocycles. The first-order valence-corrected chi connectivity index (χ1v) is 11.2. The summed E-state index contributed by atoms with van der Waals surface area (Å²) in [6, 6.07) is 13.7. The fraction of sp³-hybridized carbons (Fsp3) is 0.400. The van der Waals surface area contributed by atoms with Crippen molar-refractivity contribution in [2.75, 3.05) is 20.3 Å². The number of carbonyl (C=O) groups excluding carboxylic acids is 2. The second-order valence-corrected chi connectivity index (χ2v) is 8.31. The van der Waals surface area contributed by atoms with Gasteiger partial charge in [-0.05, 0) is 28.7 Å².